The third-order valence-corrected chi connectivity index (χ3v) is 5.42. The molecular formula is C18H17NS. The summed E-state index contributed by atoms with van der Waals surface area (Å²) < 4.78 is 0. The number of hydrogen-bond acceptors (Lipinski definition) is 2. The van der Waals surface area contributed by atoms with Gasteiger partial charge in [0.1, 0.15) is 4.83 Å². The van der Waals surface area contributed by atoms with Crippen LogP contribution in [0.1, 0.15) is 28.8 Å². The Labute approximate surface area is 123 Å². The van der Waals surface area contributed by atoms with Crippen LogP contribution >= 0.6 is 11.3 Å². The van der Waals surface area contributed by atoms with E-state index in [1.165, 1.54) is 52.6 Å². The van der Waals surface area contributed by atoms with E-state index in [9.17, 15) is 0 Å². The van der Waals surface area contributed by atoms with Gasteiger partial charge in [0.05, 0.1) is 0 Å². The van der Waals surface area contributed by atoms with E-state index < -0.39 is 0 Å². The summed E-state index contributed by atoms with van der Waals surface area (Å²) in [4.78, 5) is 7.39. The van der Waals surface area contributed by atoms with Gasteiger partial charge in [-0.2, -0.15) is 0 Å². The Hall–Kier alpha value is -1.67. The zero-order valence-corrected chi connectivity index (χ0v) is 12.5. The zero-order chi connectivity index (χ0) is 13.5. The summed E-state index contributed by atoms with van der Waals surface area (Å²) in [5.41, 5.74) is 5.55. The van der Waals surface area contributed by atoms with Crippen molar-refractivity contribution in [1.82, 2.24) is 4.98 Å². The van der Waals surface area contributed by atoms with Crippen molar-refractivity contribution in [2.24, 2.45) is 0 Å². The number of benzene rings is 1. The Morgan fingerprint density at radius 2 is 1.80 bits per heavy atom. The minimum absolute atomic E-state index is 1.22. The van der Waals surface area contributed by atoms with Crippen molar-refractivity contribution < 1.29 is 0 Å². The number of aryl methyl sites for hydroxylation is 3. The second kappa shape index (κ2) is 4.71. The molecule has 3 aromatic rings. The highest BCUT2D eigenvalue weighted by molar-refractivity contribution is 7.19. The lowest BCUT2D eigenvalue weighted by Gasteiger charge is -2.12. The molecule has 0 amide bonds. The average molecular weight is 279 g/mol. The van der Waals surface area contributed by atoms with Crippen LogP contribution in [-0.2, 0) is 12.8 Å². The Morgan fingerprint density at radius 1 is 1.00 bits per heavy atom. The monoisotopic (exact) mass is 279 g/mol. The summed E-state index contributed by atoms with van der Waals surface area (Å²) in [6.45, 7) is 2.14. The topological polar surface area (TPSA) is 12.9 Å². The number of pyridine rings is 1. The van der Waals surface area contributed by atoms with Crippen LogP contribution < -0.4 is 0 Å². The van der Waals surface area contributed by atoms with Gasteiger partial charge in [0, 0.05) is 16.5 Å². The molecule has 0 bridgehead atoms. The first kappa shape index (κ1) is 12.1. The Morgan fingerprint density at radius 3 is 2.65 bits per heavy atom. The lowest BCUT2D eigenvalue weighted by Crippen LogP contribution is -1.98. The quantitative estimate of drug-likeness (QED) is 0.600. The minimum atomic E-state index is 1.22. The summed E-state index contributed by atoms with van der Waals surface area (Å²) in [6.07, 6.45) is 7.07. The number of hydrogen-bond donors (Lipinski definition) is 0. The van der Waals surface area contributed by atoms with E-state index in [2.05, 4.69) is 42.2 Å². The fraction of sp³-hybridized carbons (Fsp3) is 0.278. The average Bonchev–Trinajstić information content (AvgIpc) is 2.86. The molecule has 1 aliphatic carbocycles. The molecular weight excluding hydrogens is 262 g/mol. The molecule has 0 unspecified atom stereocenters. The van der Waals surface area contributed by atoms with E-state index in [-0.39, 0.29) is 0 Å². The van der Waals surface area contributed by atoms with E-state index in [1.807, 2.05) is 17.5 Å². The molecule has 1 aliphatic rings. The van der Waals surface area contributed by atoms with Crippen molar-refractivity contribution in [3.63, 3.8) is 0 Å². The maximum Gasteiger partial charge on any atom is 0.124 e. The standard InChI is InChI=1S/C18H17NS/c1-12-6-8-13(9-7-12)14-10-11-19-18-17(14)15-4-2-3-5-16(15)20-18/h6-11H,2-5H2,1H3. The highest BCUT2D eigenvalue weighted by Crippen LogP contribution is 2.40. The lowest BCUT2D eigenvalue weighted by atomic mass is 9.93. The molecule has 1 nitrogen and oxygen atoms in total. The third kappa shape index (κ3) is 1.87. The number of rotatable bonds is 1. The van der Waals surface area contributed by atoms with Crippen LogP contribution in [0.3, 0.4) is 0 Å². The summed E-state index contributed by atoms with van der Waals surface area (Å²) in [7, 11) is 0. The highest BCUT2D eigenvalue weighted by Gasteiger charge is 2.19. The van der Waals surface area contributed by atoms with Gasteiger partial charge in [0.15, 0.2) is 0 Å². The molecule has 0 radical (unpaired) electrons. The van der Waals surface area contributed by atoms with Gasteiger partial charge in [0.2, 0.25) is 0 Å². The fourth-order valence-corrected chi connectivity index (χ4v) is 4.41. The summed E-state index contributed by atoms with van der Waals surface area (Å²) >= 11 is 1.90. The predicted molar refractivity (Wildman–Crippen MR) is 86.4 cm³/mol. The largest absolute Gasteiger partial charge is 0.245 e. The van der Waals surface area contributed by atoms with Crippen molar-refractivity contribution in [3.8, 4) is 11.1 Å². The molecule has 20 heavy (non-hydrogen) atoms. The molecule has 100 valence electrons. The van der Waals surface area contributed by atoms with Crippen LogP contribution in [0, 0.1) is 6.92 Å². The molecule has 0 atom stereocenters. The molecule has 0 aliphatic heterocycles. The smallest absolute Gasteiger partial charge is 0.124 e. The minimum Gasteiger partial charge on any atom is -0.245 e. The normalized spacial score (nSPS) is 14.4. The van der Waals surface area contributed by atoms with Crippen LogP contribution in [0.2, 0.25) is 0 Å². The van der Waals surface area contributed by atoms with Crippen LogP contribution in [0.4, 0.5) is 0 Å². The predicted octanol–water partition coefficient (Wildman–Crippen LogP) is 5.15. The van der Waals surface area contributed by atoms with Gasteiger partial charge in [-0.25, -0.2) is 4.98 Å². The van der Waals surface area contributed by atoms with Crippen molar-refractivity contribution in [3.05, 3.63) is 52.5 Å². The molecule has 0 fully saturated rings. The second-order valence-corrected chi connectivity index (χ2v) is 6.70. The van der Waals surface area contributed by atoms with Gasteiger partial charge < -0.3 is 0 Å². The van der Waals surface area contributed by atoms with Gasteiger partial charge in [-0.1, -0.05) is 29.8 Å². The van der Waals surface area contributed by atoms with Crippen LogP contribution in [0.5, 0.6) is 0 Å². The van der Waals surface area contributed by atoms with Crippen LogP contribution in [0.25, 0.3) is 21.3 Å². The van der Waals surface area contributed by atoms with Crippen LogP contribution in [0.15, 0.2) is 36.5 Å². The first-order valence-electron chi connectivity index (χ1n) is 7.29. The van der Waals surface area contributed by atoms with Gasteiger partial charge >= 0.3 is 0 Å². The third-order valence-electron chi connectivity index (χ3n) is 4.22. The summed E-state index contributed by atoms with van der Waals surface area (Å²) in [5, 5.41) is 1.41. The molecule has 2 heterocycles. The Balaban J connectivity index is 1.99. The molecule has 1 aromatic carbocycles. The molecule has 2 aromatic heterocycles. The molecule has 4 rings (SSSR count). The highest BCUT2D eigenvalue weighted by atomic mass is 32.1. The molecule has 2 heteroatoms. The number of thiophene rings is 1. The van der Waals surface area contributed by atoms with E-state index in [1.54, 1.807) is 10.4 Å². The first-order valence-corrected chi connectivity index (χ1v) is 8.11. The van der Waals surface area contributed by atoms with Crippen molar-refractivity contribution in [2.45, 2.75) is 32.6 Å². The Kier molecular flexibility index (Phi) is 2.85. The maximum atomic E-state index is 4.61. The number of fused-ring (bicyclic) bond motifs is 3. The number of aromatic nitrogens is 1. The molecule has 0 saturated carbocycles. The first-order chi connectivity index (χ1) is 9.83. The van der Waals surface area contributed by atoms with E-state index >= 15 is 0 Å². The molecule has 0 N–H and O–H groups in total. The van der Waals surface area contributed by atoms with Crippen molar-refractivity contribution in [2.75, 3.05) is 0 Å². The van der Waals surface area contributed by atoms with Gasteiger partial charge in [-0.3, -0.25) is 0 Å². The zero-order valence-electron chi connectivity index (χ0n) is 11.6. The summed E-state index contributed by atoms with van der Waals surface area (Å²) in [6, 6.07) is 11.0. The van der Waals surface area contributed by atoms with Crippen molar-refractivity contribution in [1.29, 1.82) is 0 Å². The van der Waals surface area contributed by atoms with Gasteiger partial charge in [-0.05, 0) is 55.4 Å². The Bertz CT molecular complexity index is 768. The van der Waals surface area contributed by atoms with Crippen LogP contribution in [-0.4, -0.2) is 4.98 Å². The molecule has 0 saturated heterocycles. The van der Waals surface area contributed by atoms with Crippen molar-refractivity contribution >= 4 is 21.6 Å². The molecule has 0 spiro atoms. The van der Waals surface area contributed by atoms with Gasteiger partial charge in [0.25, 0.3) is 0 Å². The van der Waals surface area contributed by atoms with E-state index in [4.69, 9.17) is 0 Å². The lowest BCUT2D eigenvalue weighted by molar-refractivity contribution is 0.700. The van der Waals surface area contributed by atoms with E-state index in [0.717, 1.165) is 0 Å². The second-order valence-electron chi connectivity index (χ2n) is 5.62. The van der Waals surface area contributed by atoms with E-state index in [0.29, 0.717) is 0 Å². The fourth-order valence-electron chi connectivity index (χ4n) is 3.16. The SMILES string of the molecule is Cc1ccc(-c2ccnc3sc4c(c23)CCCC4)cc1. The number of nitrogens with zero attached hydrogens (tertiary/aromatic N) is 1. The van der Waals surface area contributed by atoms with Gasteiger partial charge in [-0.15, -0.1) is 11.3 Å². The maximum absolute atomic E-state index is 4.61. The summed E-state index contributed by atoms with van der Waals surface area (Å²) in [5.74, 6) is 0.